The minimum Gasteiger partial charge on any atom is -0.486 e. The fourth-order valence-electron chi connectivity index (χ4n) is 3.72. The molecule has 0 bridgehead atoms. The summed E-state index contributed by atoms with van der Waals surface area (Å²) in [5.74, 6) is 1.76. The van der Waals surface area contributed by atoms with Crippen LogP contribution >= 0.6 is 0 Å². The Morgan fingerprint density at radius 2 is 1.96 bits per heavy atom. The van der Waals surface area contributed by atoms with Gasteiger partial charge in [-0.1, -0.05) is 12.1 Å². The number of fused-ring (bicyclic) bond motifs is 1. The fourth-order valence-corrected chi connectivity index (χ4v) is 3.72. The number of rotatable bonds is 3. The molecule has 2 amide bonds. The van der Waals surface area contributed by atoms with Crippen LogP contribution in [0.3, 0.4) is 0 Å². The molecule has 3 aliphatic rings. The van der Waals surface area contributed by atoms with E-state index < -0.39 is 0 Å². The van der Waals surface area contributed by atoms with Crippen molar-refractivity contribution in [1.29, 1.82) is 0 Å². The van der Waals surface area contributed by atoms with Crippen molar-refractivity contribution in [3.63, 3.8) is 0 Å². The number of carbonyl (C=O) groups excluding carboxylic acids is 1. The standard InChI is InChI=1S/C17H23N3O3/c21-17-18-6-9-20(17)14-4-7-19(8-5-14)12-13-2-1-3-15-16(13)23-11-10-22-15/h1-3,14H,4-12H2,(H,18,21). The number of ether oxygens (including phenoxy) is 2. The van der Waals surface area contributed by atoms with Crippen molar-refractivity contribution in [3.05, 3.63) is 23.8 Å². The predicted molar refractivity (Wildman–Crippen MR) is 85.8 cm³/mol. The van der Waals surface area contributed by atoms with Crippen LogP contribution in [0.5, 0.6) is 11.5 Å². The van der Waals surface area contributed by atoms with E-state index in [9.17, 15) is 4.79 Å². The number of hydrogen-bond donors (Lipinski definition) is 1. The Balaban J connectivity index is 1.37. The molecule has 0 unspecified atom stereocenters. The Kier molecular flexibility index (Phi) is 3.99. The van der Waals surface area contributed by atoms with E-state index in [1.165, 1.54) is 5.56 Å². The van der Waals surface area contributed by atoms with Crippen LogP contribution in [-0.2, 0) is 6.54 Å². The molecular formula is C17H23N3O3. The van der Waals surface area contributed by atoms with Gasteiger partial charge in [-0.05, 0) is 18.9 Å². The molecular weight excluding hydrogens is 294 g/mol. The summed E-state index contributed by atoms with van der Waals surface area (Å²) in [6, 6.07) is 6.61. The first-order valence-corrected chi connectivity index (χ1v) is 8.45. The molecule has 124 valence electrons. The monoisotopic (exact) mass is 317 g/mol. The first-order valence-electron chi connectivity index (χ1n) is 8.45. The third-order valence-electron chi connectivity index (χ3n) is 4.93. The predicted octanol–water partition coefficient (Wildman–Crippen LogP) is 1.45. The highest BCUT2D eigenvalue weighted by Crippen LogP contribution is 2.34. The van der Waals surface area contributed by atoms with Crippen LogP contribution in [0.15, 0.2) is 18.2 Å². The average molecular weight is 317 g/mol. The number of likely N-dealkylation sites (tertiary alicyclic amines) is 1. The molecule has 2 fully saturated rings. The maximum absolute atomic E-state index is 11.8. The van der Waals surface area contributed by atoms with Gasteiger partial charge in [0.25, 0.3) is 0 Å². The molecule has 1 N–H and O–H groups in total. The molecule has 3 heterocycles. The molecule has 1 aromatic rings. The molecule has 0 aromatic heterocycles. The second kappa shape index (κ2) is 6.28. The molecule has 23 heavy (non-hydrogen) atoms. The Morgan fingerprint density at radius 3 is 2.74 bits per heavy atom. The van der Waals surface area contributed by atoms with Crippen LogP contribution in [0.4, 0.5) is 4.79 Å². The second-order valence-corrected chi connectivity index (χ2v) is 6.37. The van der Waals surface area contributed by atoms with E-state index in [0.29, 0.717) is 19.3 Å². The second-order valence-electron chi connectivity index (χ2n) is 6.37. The summed E-state index contributed by atoms with van der Waals surface area (Å²) in [6.07, 6.45) is 2.08. The minimum atomic E-state index is 0.103. The Morgan fingerprint density at radius 1 is 1.13 bits per heavy atom. The quantitative estimate of drug-likeness (QED) is 0.917. The summed E-state index contributed by atoms with van der Waals surface area (Å²) in [5.41, 5.74) is 1.19. The van der Waals surface area contributed by atoms with Crippen LogP contribution in [-0.4, -0.2) is 61.3 Å². The highest BCUT2D eigenvalue weighted by atomic mass is 16.6. The summed E-state index contributed by atoms with van der Waals surface area (Å²) < 4.78 is 11.5. The smallest absolute Gasteiger partial charge is 0.317 e. The number of hydrogen-bond acceptors (Lipinski definition) is 4. The topological polar surface area (TPSA) is 54.0 Å². The highest BCUT2D eigenvalue weighted by molar-refractivity contribution is 5.76. The number of carbonyl (C=O) groups is 1. The molecule has 2 saturated heterocycles. The molecule has 0 atom stereocenters. The van der Waals surface area contributed by atoms with Crippen LogP contribution < -0.4 is 14.8 Å². The molecule has 3 aliphatic heterocycles. The lowest BCUT2D eigenvalue weighted by molar-refractivity contribution is 0.128. The maximum atomic E-state index is 11.8. The van der Waals surface area contributed by atoms with Crippen molar-refractivity contribution in [2.24, 2.45) is 0 Å². The van der Waals surface area contributed by atoms with Crippen molar-refractivity contribution in [2.75, 3.05) is 39.4 Å². The van der Waals surface area contributed by atoms with Crippen molar-refractivity contribution in [1.82, 2.24) is 15.1 Å². The summed E-state index contributed by atoms with van der Waals surface area (Å²) in [6.45, 7) is 5.78. The third-order valence-corrected chi connectivity index (χ3v) is 4.93. The number of urea groups is 1. The van der Waals surface area contributed by atoms with Gasteiger partial charge in [0.1, 0.15) is 13.2 Å². The van der Waals surface area contributed by atoms with Crippen molar-refractivity contribution >= 4 is 6.03 Å². The number of benzene rings is 1. The lowest BCUT2D eigenvalue weighted by atomic mass is 10.0. The number of piperidine rings is 1. The molecule has 0 radical (unpaired) electrons. The van der Waals surface area contributed by atoms with Gasteiger partial charge in [-0.2, -0.15) is 0 Å². The van der Waals surface area contributed by atoms with Crippen LogP contribution in [0.2, 0.25) is 0 Å². The number of para-hydroxylation sites is 1. The van der Waals surface area contributed by atoms with Gasteiger partial charge in [0.05, 0.1) is 0 Å². The molecule has 0 spiro atoms. The number of amides is 2. The highest BCUT2D eigenvalue weighted by Gasteiger charge is 2.31. The minimum absolute atomic E-state index is 0.103. The van der Waals surface area contributed by atoms with Gasteiger partial charge >= 0.3 is 6.03 Å². The van der Waals surface area contributed by atoms with E-state index in [1.807, 2.05) is 17.0 Å². The molecule has 6 nitrogen and oxygen atoms in total. The van der Waals surface area contributed by atoms with E-state index in [0.717, 1.165) is 57.1 Å². The molecule has 4 rings (SSSR count). The van der Waals surface area contributed by atoms with E-state index in [2.05, 4.69) is 16.3 Å². The summed E-state index contributed by atoms with van der Waals surface area (Å²) in [7, 11) is 0. The molecule has 0 saturated carbocycles. The van der Waals surface area contributed by atoms with Crippen LogP contribution in [0.25, 0.3) is 0 Å². The molecule has 1 aromatic carbocycles. The Hall–Kier alpha value is -1.95. The number of nitrogens with zero attached hydrogens (tertiary/aromatic N) is 2. The SMILES string of the molecule is O=C1NCCN1C1CCN(Cc2cccc3c2OCCO3)CC1. The zero-order chi connectivity index (χ0) is 15.6. The Bertz CT molecular complexity index is 584. The van der Waals surface area contributed by atoms with E-state index >= 15 is 0 Å². The van der Waals surface area contributed by atoms with Crippen molar-refractivity contribution in [2.45, 2.75) is 25.4 Å². The van der Waals surface area contributed by atoms with E-state index in [-0.39, 0.29) is 6.03 Å². The fraction of sp³-hybridized carbons (Fsp3) is 0.588. The van der Waals surface area contributed by atoms with Gasteiger partial charge in [-0.3, -0.25) is 4.90 Å². The first-order chi connectivity index (χ1) is 11.3. The average Bonchev–Trinajstić information content (AvgIpc) is 3.02. The summed E-state index contributed by atoms with van der Waals surface area (Å²) >= 11 is 0. The zero-order valence-corrected chi connectivity index (χ0v) is 13.3. The normalized spacial score (nSPS) is 22.3. The lowest BCUT2D eigenvalue weighted by Crippen LogP contribution is -2.45. The van der Waals surface area contributed by atoms with Gasteiger partial charge in [0, 0.05) is 44.3 Å². The first kappa shape index (κ1) is 14.6. The van der Waals surface area contributed by atoms with Gasteiger partial charge < -0.3 is 19.7 Å². The summed E-state index contributed by atoms with van der Waals surface area (Å²) in [5, 5.41) is 2.90. The Labute approximate surface area is 136 Å². The van der Waals surface area contributed by atoms with E-state index in [4.69, 9.17) is 9.47 Å². The van der Waals surface area contributed by atoms with Crippen molar-refractivity contribution in [3.8, 4) is 11.5 Å². The van der Waals surface area contributed by atoms with Gasteiger partial charge in [-0.15, -0.1) is 0 Å². The van der Waals surface area contributed by atoms with Crippen molar-refractivity contribution < 1.29 is 14.3 Å². The lowest BCUT2D eigenvalue weighted by Gasteiger charge is -2.36. The summed E-state index contributed by atoms with van der Waals surface area (Å²) in [4.78, 5) is 16.2. The zero-order valence-electron chi connectivity index (χ0n) is 13.3. The third kappa shape index (κ3) is 2.95. The molecule has 0 aliphatic carbocycles. The largest absolute Gasteiger partial charge is 0.486 e. The van der Waals surface area contributed by atoms with Gasteiger partial charge in [0.15, 0.2) is 11.5 Å². The van der Waals surface area contributed by atoms with Gasteiger partial charge in [-0.25, -0.2) is 4.79 Å². The van der Waals surface area contributed by atoms with Crippen LogP contribution in [0.1, 0.15) is 18.4 Å². The van der Waals surface area contributed by atoms with Gasteiger partial charge in [0.2, 0.25) is 0 Å². The van der Waals surface area contributed by atoms with E-state index in [1.54, 1.807) is 0 Å². The number of nitrogens with one attached hydrogen (secondary N) is 1. The maximum Gasteiger partial charge on any atom is 0.317 e. The van der Waals surface area contributed by atoms with Crippen LogP contribution in [0, 0.1) is 0 Å². The molecule has 6 heteroatoms.